The van der Waals surface area contributed by atoms with Crippen LogP contribution in [0.3, 0.4) is 0 Å². The molecule has 0 bridgehead atoms. The lowest BCUT2D eigenvalue weighted by Crippen LogP contribution is -2.16. The summed E-state index contributed by atoms with van der Waals surface area (Å²) in [5.74, 6) is 1.11. The van der Waals surface area contributed by atoms with Gasteiger partial charge >= 0.3 is 0 Å². The van der Waals surface area contributed by atoms with E-state index in [0.29, 0.717) is 22.0 Å². The van der Waals surface area contributed by atoms with E-state index in [1.54, 1.807) is 37.6 Å². The molecule has 1 amide bonds. The van der Waals surface area contributed by atoms with Gasteiger partial charge in [0.15, 0.2) is 0 Å². The van der Waals surface area contributed by atoms with Crippen molar-refractivity contribution in [3.05, 3.63) is 76.9 Å². The largest absolute Gasteiger partial charge is 0.495 e. The highest BCUT2D eigenvalue weighted by Gasteiger charge is 2.21. The number of para-hydroxylation sites is 1. The van der Waals surface area contributed by atoms with Crippen molar-refractivity contribution in [1.82, 2.24) is 4.98 Å². The van der Waals surface area contributed by atoms with Gasteiger partial charge in [-0.3, -0.25) is 4.79 Å². The van der Waals surface area contributed by atoms with E-state index in [-0.39, 0.29) is 5.91 Å². The van der Waals surface area contributed by atoms with E-state index in [9.17, 15) is 4.79 Å². The van der Waals surface area contributed by atoms with Crippen molar-refractivity contribution in [2.24, 2.45) is 0 Å². The molecule has 0 unspecified atom stereocenters. The number of carbonyl (C=O) groups is 1. The van der Waals surface area contributed by atoms with E-state index in [1.165, 1.54) is 11.3 Å². The Morgan fingerprint density at radius 1 is 1.19 bits per heavy atom. The minimum absolute atomic E-state index is 0.267. The smallest absolute Gasteiger partial charge is 0.257 e. The summed E-state index contributed by atoms with van der Waals surface area (Å²) in [5.41, 5.74) is 3.47. The molecular formula is C21H18ClN3O2. The van der Waals surface area contributed by atoms with E-state index in [2.05, 4.69) is 27.3 Å². The zero-order valence-electron chi connectivity index (χ0n) is 14.8. The van der Waals surface area contributed by atoms with Gasteiger partial charge in [0, 0.05) is 23.5 Å². The summed E-state index contributed by atoms with van der Waals surface area (Å²) in [6.07, 6.45) is 2.58. The van der Waals surface area contributed by atoms with Gasteiger partial charge in [0.25, 0.3) is 5.91 Å². The highest BCUT2D eigenvalue weighted by atomic mass is 35.5. The monoisotopic (exact) mass is 379 g/mol. The number of hydrogen-bond acceptors (Lipinski definition) is 4. The zero-order chi connectivity index (χ0) is 18.8. The molecule has 27 heavy (non-hydrogen) atoms. The number of carbonyl (C=O) groups excluding carboxylic acids is 1. The first-order valence-electron chi connectivity index (χ1n) is 8.62. The van der Waals surface area contributed by atoms with Crippen molar-refractivity contribution in [3.63, 3.8) is 0 Å². The molecule has 0 spiro atoms. The van der Waals surface area contributed by atoms with Crippen molar-refractivity contribution >= 4 is 34.7 Å². The van der Waals surface area contributed by atoms with Crippen LogP contribution in [0.15, 0.2) is 60.8 Å². The van der Waals surface area contributed by atoms with Gasteiger partial charge in [-0.05, 0) is 48.4 Å². The molecule has 0 saturated carbocycles. The fraction of sp³-hybridized carbons (Fsp3) is 0.143. The third-order valence-electron chi connectivity index (χ3n) is 4.58. The molecule has 1 N–H and O–H groups in total. The van der Waals surface area contributed by atoms with Gasteiger partial charge in [0.1, 0.15) is 11.6 Å². The normalized spacial score (nSPS) is 12.6. The van der Waals surface area contributed by atoms with Crippen molar-refractivity contribution in [2.45, 2.75) is 6.42 Å². The van der Waals surface area contributed by atoms with Gasteiger partial charge in [0.2, 0.25) is 0 Å². The number of anilines is 3. The Balaban J connectivity index is 1.53. The van der Waals surface area contributed by atoms with Crippen molar-refractivity contribution in [1.29, 1.82) is 0 Å². The number of benzene rings is 2. The molecule has 5 nitrogen and oxygen atoms in total. The van der Waals surface area contributed by atoms with Crippen LogP contribution in [-0.2, 0) is 6.42 Å². The third-order valence-corrected chi connectivity index (χ3v) is 4.82. The second kappa shape index (κ2) is 7.29. The first-order valence-corrected chi connectivity index (χ1v) is 9.00. The summed E-state index contributed by atoms with van der Waals surface area (Å²) in [6.45, 7) is 0.887. The van der Waals surface area contributed by atoms with Gasteiger partial charge in [-0.15, -0.1) is 0 Å². The van der Waals surface area contributed by atoms with Crippen LogP contribution in [0.1, 0.15) is 15.9 Å². The first kappa shape index (κ1) is 17.4. The third kappa shape index (κ3) is 3.46. The molecule has 2 heterocycles. The number of nitrogens with zero attached hydrogens (tertiary/aromatic N) is 2. The molecule has 0 saturated heterocycles. The minimum atomic E-state index is -0.267. The molecule has 1 aliphatic heterocycles. The average molecular weight is 380 g/mol. The topological polar surface area (TPSA) is 54.5 Å². The number of methoxy groups -OCH3 is 1. The van der Waals surface area contributed by atoms with Crippen LogP contribution in [-0.4, -0.2) is 24.5 Å². The van der Waals surface area contributed by atoms with Gasteiger partial charge in [-0.25, -0.2) is 4.98 Å². The van der Waals surface area contributed by atoms with E-state index in [1.807, 2.05) is 18.2 Å². The van der Waals surface area contributed by atoms with Crippen molar-refractivity contribution in [2.75, 3.05) is 23.9 Å². The molecule has 0 aliphatic carbocycles. The quantitative estimate of drug-likeness (QED) is 0.714. The predicted molar refractivity (Wildman–Crippen MR) is 107 cm³/mol. The van der Waals surface area contributed by atoms with E-state index in [4.69, 9.17) is 16.3 Å². The molecule has 3 aromatic rings. The molecular weight excluding hydrogens is 362 g/mol. The summed E-state index contributed by atoms with van der Waals surface area (Å²) in [5, 5.41) is 3.34. The summed E-state index contributed by atoms with van der Waals surface area (Å²) in [6, 6.07) is 17.0. The Hall–Kier alpha value is -3.05. The maximum Gasteiger partial charge on any atom is 0.257 e. The lowest BCUT2D eigenvalue weighted by atomic mass is 10.2. The molecule has 1 aliphatic rings. The van der Waals surface area contributed by atoms with Gasteiger partial charge < -0.3 is 15.0 Å². The molecule has 4 rings (SSSR count). The van der Waals surface area contributed by atoms with Crippen molar-refractivity contribution < 1.29 is 9.53 Å². The summed E-state index contributed by atoms with van der Waals surface area (Å²) in [4.78, 5) is 19.2. The summed E-state index contributed by atoms with van der Waals surface area (Å²) >= 11 is 6.01. The van der Waals surface area contributed by atoms with E-state index in [0.717, 1.165) is 18.8 Å². The maximum absolute atomic E-state index is 12.6. The van der Waals surface area contributed by atoms with Gasteiger partial charge in [0.05, 0.1) is 18.4 Å². The Labute approximate surface area is 162 Å². The van der Waals surface area contributed by atoms with E-state index < -0.39 is 0 Å². The summed E-state index contributed by atoms with van der Waals surface area (Å²) < 4.78 is 5.26. The molecule has 6 heteroatoms. The zero-order valence-corrected chi connectivity index (χ0v) is 15.5. The van der Waals surface area contributed by atoms with Crippen LogP contribution < -0.4 is 15.0 Å². The molecule has 0 fully saturated rings. The number of amides is 1. The maximum atomic E-state index is 12.6. The van der Waals surface area contributed by atoms with Crippen LogP contribution in [0.25, 0.3) is 0 Å². The minimum Gasteiger partial charge on any atom is -0.495 e. The average Bonchev–Trinajstić information content (AvgIpc) is 3.12. The fourth-order valence-electron chi connectivity index (χ4n) is 3.23. The first-order chi connectivity index (χ1) is 13.2. The molecule has 2 aromatic carbocycles. The SMILES string of the molecule is COc1ccc(Cl)cc1NC(=O)c1ccc(N2CCc3ccccc32)nc1. The van der Waals surface area contributed by atoms with Crippen LogP contribution in [0.4, 0.5) is 17.2 Å². The number of nitrogens with one attached hydrogen (secondary N) is 1. The van der Waals surface area contributed by atoms with Crippen LogP contribution in [0.5, 0.6) is 5.75 Å². The number of fused-ring (bicyclic) bond motifs is 1. The highest BCUT2D eigenvalue weighted by Crippen LogP contribution is 2.33. The number of aromatic nitrogens is 1. The van der Waals surface area contributed by atoms with Crippen LogP contribution in [0, 0.1) is 0 Å². The van der Waals surface area contributed by atoms with Gasteiger partial charge in [-0.2, -0.15) is 0 Å². The summed E-state index contributed by atoms with van der Waals surface area (Å²) in [7, 11) is 1.54. The Morgan fingerprint density at radius 2 is 2.04 bits per heavy atom. The van der Waals surface area contributed by atoms with Crippen LogP contribution >= 0.6 is 11.6 Å². The van der Waals surface area contributed by atoms with Crippen LogP contribution in [0.2, 0.25) is 5.02 Å². The standard InChI is InChI=1S/C21H18ClN3O2/c1-27-19-8-7-16(22)12-17(19)24-21(26)15-6-9-20(23-13-15)25-11-10-14-4-2-3-5-18(14)25/h2-9,12-13H,10-11H2,1H3,(H,24,26). The molecule has 1 aromatic heterocycles. The molecule has 136 valence electrons. The number of hydrogen-bond donors (Lipinski definition) is 1. The molecule has 0 radical (unpaired) electrons. The predicted octanol–water partition coefficient (Wildman–Crippen LogP) is 4.69. The second-order valence-corrected chi connectivity index (χ2v) is 6.67. The lowest BCUT2D eigenvalue weighted by molar-refractivity contribution is 0.102. The number of ether oxygens (including phenoxy) is 1. The fourth-order valence-corrected chi connectivity index (χ4v) is 3.40. The lowest BCUT2D eigenvalue weighted by Gasteiger charge is -2.18. The van der Waals surface area contributed by atoms with Gasteiger partial charge in [-0.1, -0.05) is 29.8 Å². The Morgan fingerprint density at radius 3 is 2.81 bits per heavy atom. The molecule has 0 atom stereocenters. The highest BCUT2D eigenvalue weighted by molar-refractivity contribution is 6.31. The van der Waals surface area contributed by atoms with E-state index >= 15 is 0 Å². The number of halogens is 1. The van der Waals surface area contributed by atoms with Crippen molar-refractivity contribution in [3.8, 4) is 5.75 Å². The Kier molecular flexibility index (Phi) is 4.69. The number of rotatable bonds is 4. The second-order valence-electron chi connectivity index (χ2n) is 6.23. The Bertz CT molecular complexity index is 989. The number of pyridine rings is 1.